The highest BCUT2D eigenvalue weighted by molar-refractivity contribution is 5.70. The lowest BCUT2D eigenvalue weighted by atomic mass is 9.79. The van der Waals surface area contributed by atoms with Gasteiger partial charge < -0.3 is 20.4 Å². The first-order valence-corrected chi connectivity index (χ1v) is 7.97. The molecule has 0 radical (unpaired) electrons. The third kappa shape index (κ3) is 4.72. The van der Waals surface area contributed by atoms with Gasteiger partial charge in [-0.2, -0.15) is 0 Å². The number of hydrogen-bond donors (Lipinski definition) is 3. The van der Waals surface area contributed by atoms with Crippen LogP contribution in [0.1, 0.15) is 44.9 Å². The first kappa shape index (κ1) is 15.7. The summed E-state index contributed by atoms with van der Waals surface area (Å²) in [5.74, 6) is -0.978. The van der Waals surface area contributed by atoms with Crippen LogP contribution >= 0.6 is 0 Å². The van der Waals surface area contributed by atoms with Crippen molar-refractivity contribution < 1.29 is 15.0 Å². The fourth-order valence-corrected chi connectivity index (χ4v) is 3.32. The lowest BCUT2D eigenvalue weighted by Crippen LogP contribution is -2.46. The summed E-state index contributed by atoms with van der Waals surface area (Å²) < 4.78 is 0. The molecule has 1 aliphatic carbocycles. The average Bonchev–Trinajstić information content (AvgIpc) is 2.45. The van der Waals surface area contributed by atoms with Crippen LogP contribution in [0, 0.1) is 5.92 Å². The fraction of sp³-hybridized carbons (Fsp3) is 0.933. The molecule has 1 saturated carbocycles. The lowest BCUT2D eigenvalue weighted by molar-refractivity contribution is -0.144. The Bertz CT molecular complexity index is 308. The van der Waals surface area contributed by atoms with Crippen molar-refractivity contribution in [2.75, 3.05) is 32.7 Å². The van der Waals surface area contributed by atoms with Crippen molar-refractivity contribution in [2.45, 2.75) is 50.5 Å². The summed E-state index contributed by atoms with van der Waals surface area (Å²) in [6, 6.07) is 0. The van der Waals surface area contributed by atoms with E-state index in [1.54, 1.807) is 0 Å². The van der Waals surface area contributed by atoms with E-state index >= 15 is 0 Å². The first-order chi connectivity index (χ1) is 9.59. The Morgan fingerprint density at radius 2 is 1.85 bits per heavy atom. The minimum Gasteiger partial charge on any atom is -0.481 e. The third-order valence-corrected chi connectivity index (χ3v) is 4.77. The molecule has 2 fully saturated rings. The van der Waals surface area contributed by atoms with Gasteiger partial charge in [0.2, 0.25) is 0 Å². The van der Waals surface area contributed by atoms with Gasteiger partial charge in [-0.1, -0.05) is 6.42 Å². The summed E-state index contributed by atoms with van der Waals surface area (Å²) in [5.41, 5.74) is -0.701. The molecule has 1 heterocycles. The van der Waals surface area contributed by atoms with Gasteiger partial charge in [0.05, 0.1) is 11.5 Å². The summed E-state index contributed by atoms with van der Waals surface area (Å²) in [5, 5.41) is 22.8. The van der Waals surface area contributed by atoms with Crippen LogP contribution < -0.4 is 5.32 Å². The second-order valence-corrected chi connectivity index (χ2v) is 6.42. The molecule has 5 heteroatoms. The predicted octanol–water partition coefficient (Wildman–Crippen LogP) is 1.07. The number of carbonyl (C=O) groups is 1. The molecular weight excluding hydrogens is 256 g/mol. The Labute approximate surface area is 121 Å². The van der Waals surface area contributed by atoms with Crippen LogP contribution in [-0.4, -0.2) is 59.4 Å². The quantitative estimate of drug-likeness (QED) is 0.636. The summed E-state index contributed by atoms with van der Waals surface area (Å²) >= 11 is 0. The van der Waals surface area contributed by atoms with Crippen molar-refractivity contribution in [1.82, 2.24) is 10.2 Å². The number of nitrogens with zero attached hydrogens (tertiary/aromatic N) is 1. The average molecular weight is 284 g/mol. The van der Waals surface area contributed by atoms with E-state index in [9.17, 15) is 9.90 Å². The van der Waals surface area contributed by atoms with E-state index < -0.39 is 11.6 Å². The number of nitrogens with one attached hydrogen (secondary N) is 1. The second kappa shape index (κ2) is 7.38. The van der Waals surface area contributed by atoms with Gasteiger partial charge in [0, 0.05) is 19.6 Å². The summed E-state index contributed by atoms with van der Waals surface area (Å²) in [6.45, 7) is 4.95. The molecule has 0 aromatic heterocycles. The normalized spacial score (nSPS) is 32.1. The Morgan fingerprint density at radius 1 is 1.20 bits per heavy atom. The van der Waals surface area contributed by atoms with Crippen molar-refractivity contribution in [1.29, 1.82) is 0 Å². The van der Waals surface area contributed by atoms with Gasteiger partial charge in [-0.05, 0) is 51.6 Å². The van der Waals surface area contributed by atoms with E-state index in [4.69, 9.17) is 5.11 Å². The summed E-state index contributed by atoms with van der Waals surface area (Å²) in [6.07, 6.45) is 6.36. The number of rotatable bonds is 6. The maximum atomic E-state index is 10.9. The molecule has 1 saturated heterocycles. The molecule has 0 spiro atoms. The van der Waals surface area contributed by atoms with E-state index in [2.05, 4.69) is 10.2 Å². The number of carboxylic acids is 1. The molecule has 0 aromatic carbocycles. The molecule has 0 amide bonds. The molecule has 0 atom stereocenters. The van der Waals surface area contributed by atoms with Gasteiger partial charge in [-0.25, -0.2) is 0 Å². The Hall–Kier alpha value is -0.650. The molecule has 116 valence electrons. The molecule has 20 heavy (non-hydrogen) atoms. The zero-order valence-electron chi connectivity index (χ0n) is 12.3. The topological polar surface area (TPSA) is 72.8 Å². The van der Waals surface area contributed by atoms with Gasteiger partial charge in [0.25, 0.3) is 0 Å². The lowest BCUT2D eigenvalue weighted by Gasteiger charge is -2.35. The Kier molecular flexibility index (Phi) is 5.81. The van der Waals surface area contributed by atoms with E-state index in [1.165, 1.54) is 32.4 Å². The molecule has 2 rings (SSSR count). The summed E-state index contributed by atoms with van der Waals surface area (Å²) in [7, 11) is 0. The monoisotopic (exact) mass is 284 g/mol. The van der Waals surface area contributed by atoms with Crippen molar-refractivity contribution in [3.8, 4) is 0 Å². The Morgan fingerprint density at radius 3 is 2.45 bits per heavy atom. The molecular formula is C15H28N2O3. The van der Waals surface area contributed by atoms with Gasteiger partial charge in [0.15, 0.2) is 0 Å². The highest BCUT2D eigenvalue weighted by Crippen LogP contribution is 2.31. The number of hydrogen-bond acceptors (Lipinski definition) is 4. The van der Waals surface area contributed by atoms with E-state index in [0.29, 0.717) is 32.2 Å². The Balaban J connectivity index is 1.60. The third-order valence-electron chi connectivity index (χ3n) is 4.77. The standard InChI is InChI=1S/C15H28N2O3/c18-14(19)13-4-6-15(20,7-5-13)12-16-8-11-17-9-2-1-3-10-17/h13,16,20H,1-12H2,(H,18,19). The van der Waals surface area contributed by atoms with E-state index in [-0.39, 0.29) is 5.92 Å². The molecule has 0 bridgehead atoms. The smallest absolute Gasteiger partial charge is 0.306 e. The number of likely N-dealkylation sites (tertiary alicyclic amines) is 1. The minimum absolute atomic E-state index is 0.261. The van der Waals surface area contributed by atoms with Crippen LogP contribution in [0.2, 0.25) is 0 Å². The van der Waals surface area contributed by atoms with E-state index in [0.717, 1.165) is 13.1 Å². The van der Waals surface area contributed by atoms with Crippen LogP contribution in [0.4, 0.5) is 0 Å². The van der Waals surface area contributed by atoms with Crippen LogP contribution in [0.3, 0.4) is 0 Å². The van der Waals surface area contributed by atoms with Crippen LogP contribution in [-0.2, 0) is 4.79 Å². The molecule has 1 aliphatic heterocycles. The zero-order chi connectivity index (χ0) is 14.4. The van der Waals surface area contributed by atoms with Crippen molar-refractivity contribution in [2.24, 2.45) is 5.92 Å². The molecule has 5 nitrogen and oxygen atoms in total. The van der Waals surface area contributed by atoms with Gasteiger partial charge in [0.1, 0.15) is 0 Å². The SMILES string of the molecule is O=C(O)C1CCC(O)(CNCCN2CCCCC2)CC1. The highest BCUT2D eigenvalue weighted by Gasteiger charge is 2.35. The second-order valence-electron chi connectivity index (χ2n) is 6.42. The molecule has 0 unspecified atom stereocenters. The largest absolute Gasteiger partial charge is 0.481 e. The van der Waals surface area contributed by atoms with Gasteiger partial charge in [-0.15, -0.1) is 0 Å². The number of aliphatic carboxylic acids is 1. The fourth-order valence-electron chi connectivity index (χ4n) is 3.32. The van der Waals surface area contributed by atoms with E-state index in [1.807, 2.05) is 0 Å². The first-order valence-electron chi connectivity index (χ1n) is 7.97. The van der Waals surface area contributed by atoms with Crippen molar-refractivity contribution >= 4 is 5.97 Å². The molecule has 0 aromatic rings. The highest BCUT2D eigenvalue weighted by atomic mass is 16.4. The molecule has 3 N–H and O–H groups in total. The van der Waals surface area contributed by atoms with Crippen molar-refractivity contribution in [3.63, 3.8) is 0 Å². The van der Waals surface area contributed by atoms with Crippen LogP contribution in [0.5, 0.6) is 0 Å². The minimum atomic E-state index is -0.717. The number of carboxylic acid groups (broad SMARTS) is 1. The van der Waals surface area contributed by atoms with Crippen molar-refractivity contribution in [3.05, 3.63) is 0 Å². The number of aliphatic hydroxyl groups is 1. The predicted molar refractivity (Wildman–Crippen MR) is 77.7 cm³/mol. The van der Waals surface area contributed by atoms with Crippen LogP contribution in [0.25, 0.3) is 0 Å². The maximum absolute atomic E-state index is 10.9. The zero-order valence-corrected chi connectivity index (χ0v) is 12.3. The van der Waals surface area contributed by atoms with Gasteiger partial charge in [-0.3, -0.25) is 4.79 Å². The molecule has 2 aliphatic rings. The number of piperidine rings is 1. The summed E-state index contributed by atoms with van der Waals surface area (Å²) in [4.78, 5) is 13.4. The maximum Gasteiger partial charge on any atom is 0.306 e. The van der Waals surface area contributed by atoms with Crippen LogP contribution in [0.15, 0.2) is 0 Å². The van der Waals surface area contributed by atoms with Gasteiger partial charge >= 0.3 is 5.97 Å².